The second-order valence-electron chi connectivity index (χ2n) is 13.2. The molecule has 6 heteroatoms. The largest absolute Gasteiger partial charge is 0.462 e. The molecule has 0 radical (unpaired) electrons. The van der Waals surface area contributed by atoms with Crippen LogP contribution in [0.1, 0.15) is 181 Å². The number of aliphatic hydroxyl groups excluding tert-OH is 1. The highest BCUT2D eigenvalue weighted by atomic mass is 16.6. The van der Waals surface area contributed by atoms with Gasteiger partial charge in [-0.15, -0.1) is 0 Å². The molecule has 0 saturated heterocycles. The number of rotatable bonds is 33. The summed E-state index contributed by atoms with van der Waals surface area (Å²) in [4.78, 5) is 35.9. The van der Waals surface area contributed by atoms with E-state index in [9.17, 15) is 19.5 Å². The number of esters is 2. The maximum atomic E-state index is 12.1. The number of carbonyl (C=O) groups is 3. The van der Waals surface area contributed by atoms with E-state index in [1.54, 1.807) is 6.08 Å². The first-order valence-electron chi connectivity index (χ1n) is 18.7. The zero-order chi connectivity index (χ0) is 33.2. The first kappa shape index (κ1) is 43.0. The summed E-state index contributed by atoms with van der Waals surface area (Å²) in [5.74, 6) is 0.384. The summed E-state index contributed by atoms with van der Waals surface area (Å²) in [5, 5.41) is 9.53. The Labute approximate surface area is 277 Å². The summed E-state index contributed by atoms with van der Waals surface area (Å²) >= 11 is 0. The molecular formula is C39H70O6. The number of unbranched alkanes of at least 4 members (excludes halogenated alkanes) is 18. The van der Waals surface area contributed by atoms with Crippen molar-refractivity contribution >= 4 is 17.7 Å². The number of aliphatic hydroxyl groups is 1. The molecule has 0 bridgehead atoms. The molecule has 262 valence electrons. The second-order valence-corrected chi connectivity index (χ2v) is 13.2. The lowest BCUT2D eigenvalue weighted by Gasteiger charge is -2.15. The van der Waals surface area contributed by atoms with Crippen LogP contribution in [0.25, 0.3) is 0 Å². The average Bonchev–Trinajstić information content (AvgIpc) is 3.01. The molecule has 1 atom stereocenters. The third-order valence-corrected chi connectivity index (χ3v) is 8.15. The average molecular weight is 635 g/mol. The van der Waals surface area contributed by atoms with E-state index < -0.39 is 6.10 Å². The highest BCUT2D eigenvalue weighted by Crippen LogP contribution is 2.15. The molecule has 0 aliphatic heterocycles. The fraction of sp³-hybridized carbons (Fsp3) is 0.821. The van der Waals surface area contributed by atoms with Crippen LogP contribution < -0.4 is 0 Å². The van der Waals surface area contributed by atoms with Gasteiger partial charge in [-0.2, -0.15) is 0 Å². The Morgan fingerprint density at radius 3 is 1.69 bits per heavy atom. The van der Waals surface area contributed by atoms with Crippen LogP contribution in [0, 0.1) is 5.92 Å². The van der Waals surface area contributed by atoms with Crippen LogP contribution in [-0.4, -0.2) is 42.1 Å². The summed E-state index contributed by atoms with van der Waals surface area (Å²) in [6, 6.07) is 0. The van der Waals surface area contributed by atoms with E-state index >= 15 is 0 Å². The topological polar surface area (TPSA) is 89.9 Å². The van der Waals surface area contributed by atoms with E-state index in [4.69, 9.17) is 9.47 Å². The summed E-state index contributed by atoms with van der Waals surface area (Å²) < 4.78 is 10.6. The van der Waals surface area contributed by atoms with Crippen LogP contribution in [0.3, 0.4) is 0 Å². The maximum Gasteiger partial charge on any atom is 0.306 e. The summed E-state index contributed by atoms with van der Waals surface area (Å²) in [6.07, 6.45) is 33.6. The van der Waals surface area contributed by atoms with Gasteiger partial charge in [-0.25, -0.2) is 0 Å². The molecule has 0 rings (SSSR count). The molecule has 0 fully saturated rings. The first-order valence-corrected chi connectivity index (χ1v) is 18.7. The lowest BCUT2D eigenvalue weighted by molar-refractivity contribution is -0.161. The van der Waals surface area contributed by atoms with Crippen molar-refractivity contribution in [3.63, 3.8) is 0 Å². The lowest BCUT2D eigenvalue weighted by atomic mass is 10.0. The quantitative estimate of drug-likeness (QED) is 0.0334. The van der Waals surface area contributed by atoms with Crippen molar-refractivity contribution in [3.05, 3.63) is 24.3 Å². The van der Waals surface area contributed by atoms with Gasteiger partial charge < -0.3 is 14.6 Å². The van der Waals surface area contributed by atoms with Gasteiger partial charge in [-0.05, 0) is 44.1 Å². The zero-order valence-electron chi connectivity index (χ0n) is 29.5. The van der Waals surface area contributed by atoms with Crippen LogP contribution in [-0.2, 0) is 23.9 Å². The highest BCUT2D eigenvalue weighted by Gasteiger charge is 2.16. The summed E-state index contributed by atoms with van der Waals surface area (Å²) in [6.45, 7) is 6.29. The molecule has 0 spiro atoms. The third-order valence-electron chi connectivity index (χ3n) is 8.15. The molecular weight excluding hydrogens is 564 g/mol. The molecule has 45 heavy (non-hydrogen) atoms. The number of hydrogen-bond donors (Lipinski definition) is 1. The Kier molecular flexibility index (Phi) is 32.0. The van der Waals surface area contributed by atoms with Gasteiger partial charge in [0.2, 0.25) is 0 Å². The minimum Gasteiger partial charge on any atom is -0.462 e. The number of ether oxygens (including phenoxy) is 2. The maximum absolute atomic E-state index is 12.1. The molecule has 0 saturated carbocycles. The third kappa shape index (κ3) is 33.2. The van der Waals surface area contributed by atoms with Crippen LogP contribution in [0.5, 0.6) is 0 Å². The Bertz CT molecular complexity index is 757. The molecule has 6 nitrogen and oxygen atoms in total. The Balaban J connectivity index is 3.63. The van der Waals surface area contributed by atoms with Crippen molar-refractivity contribution < 1.29 is 29.0 Å². The summed E-state index contributed by atoms with van der Waals surface area (Å²) in [5.41, 5.74) is 0. The monoisotopic (exact) mass is 635 g/mol. The summed E-state index contributed by atoms with van der Waals surface area (Å²) in [7, 11) is 0. The van der Waals surface area contributed by atoms with Gasteiger partial charge in [-0.1, -0.05) is 148 Å². The normalized spacial score (nSPS) is 12.4. The van der Waals surface area contributed by atoms with Crippen molar-refractivity contribution in [2.75, 3.05) is 13.2 Å². The highest BCUT2D eigenvalue weighted by molar-refractivity contribution is 5.89. The molecule has 0 unspecified atom stereocenters. The molecule has 0 aliphatic carbocycles. The van der Waals surface area contributed by atoms with E-state index in [-0.39, 0.29) is 30.9 Å². The van der Waals surface area contributed by atoms with Crippen molar-refractivity contribution in [2.24, 2.45) is 5.92 Å². The molecule has 0 aromatic rings. The van der Waals surface area contributed by atoms with E-state index in [1.807, 2.05) is 12.2 Å². The van der Waals surface area contributed by atoms with E-state index in [0.29, 0.717) is 19.3 Å². The van der Waals surface area contributed by atoms with Gasteiger partial charge in [-0.3, -0.25) is 14.4 Å². The zero-order valence-corrected chi connectivity index (χ0v) is 29.5. The van der Waals surface area contributed by atoms with Crippen molar-refractivity contribution in [1.29, 1.82) is 0 Å². The van der Waals surface area contributed by atoms with Gasteiger partial charge in [0.05, 0.1) is 6.61 Å². The number of allylic oxidation sites excluding steroid dienone is 4. The lowest BCUT2D eigenvalue weighted by Crippen LogP contribution is -2.28. The minimum atomic E-state index is -0.793. The molecule has 0 amide bonds. The van der Waals surface area contributed by atoms with Gasteiger partial charge >= 0.3 is 11.9 Å². The standard InChI is InChI=1S/C39H70O6/c1-4-5-23-29-36(41)30-25-20-16-12-10-14-17-21-26-31-38(42)44-34-37(33-40)45-39(43)32-27-22-18-13-9-7-6-8-11-15-19-24-28-35(2)3/h16,20,25,30,35,37,40H,4-15,17-19,21-24,26-29,31-34H2,1-3H3/b20-16-,30-25+/t37-/m0/s1. The molecule has 0 aromatic carbocycles. The first-order chi connectivity index (χ1) is 21.9. The minimum absolute atomic E-state index is 0.0931. The van der Waals surface area contributed by atoms with Crippen molar-refractivity contribution in [3.8, 4) is 0 Å². The molecule has 0 aromatic heterocycles. The SMILES string of the molecule is CCCCCC(=O)/C=C/C=C\CCCCCCCC(=O)OC[C@H](CO)OC(=O)CCCCCCCCCCCCCCC(C)C. The van der Waals surface area contributed by atoms with Crippen LogP contribution in [0.2, 0.25) is 0 Å². The van der Waals surface area contributed by atoms with Gasteiger partial charge in [0.15, 0.2) is 11.9 Å². The molecule has 1 N–H and O–H groups in total. The Morgan fingerprint density at radius 1 is 0.622 bits per heavy atom. The molecule has 0 aliphatic rings. The number of hydrogen-bond acceptors (Lipinski definition) is 6. The van der Waals surface area contributed by atoms with Crippen LogP contribution >= 0.6 is 0 Å². The predicted molar refractivity (Wildman–Crippen MR) is 187 cm³/mol. The predicted octanol–water partition coefficient (Wildman–Crippen LogP) is 10.5. The van der Waals surface area contributed by atoms with Crippen molar-refractivity contribution in [2.45, 2.75) is 187 Å². The van der Waals surface area contributed by atoms with E-state index in [2.05, 4.69) is 26.8 Å². The fourth-order valence-electron chi connectivity index (χ4n) is 5.25. The second kappa shape index (κ2) is 33.4. The van der Waals surface area contributed by atoms with Crippen molar-refractivity contribution in [1.82, 2.24) is 0 Å². The van der Waals surface area contributed by atoms with Gasteiger partial charge in [0, 0.05) is 19.3 Å². The number of ketones is 1. The Hall–Kier alpha value is -1.95. The van der Waals surface area contributed by atoms with Gasteiger partial charge in [0.1, 0.15) is 6.61 Å². The van der Waals surface area contributed by atoms with Gasteiger partial charge in [0.25, 0.3) is 0 Å². The fourth-order valence-corrected chi connectivity index (χ4v) is 5.25. The number of carbonyl (C=O) groups excluding carboxylic acids is 3. The smallest absolute Gasteiger partial charge is 0.306 e. The molecule has 0 heterocycles. The van der Waals surface area contributed by atoms with E-state index in [0.717, 1.165) is 83.0 Å². The van der Waals surface area contributed by atoms with Crippen LogP contribution in [0.15, 0.2) is 24.3 Å². The van der Waals surface area contributed by atoms with Crippen LogP contribution in [0.4, 0.5) is 0 Å². The van der Waals surface area contributed by atoms with E-state index in [1.165, 1.54) is 64.2 Å². The Morgan fingerprint density at radius 2 is 1.13 bits per heavy atom.